The molecule has 0 fully saturated rings. The lowest BCUT2D eigenvalue weighted by molar-refractivity contribution is 0.0445. The van der Waals surface area contributed by atoms with Crippen LogP contribution in [0.2, 0.25) is 0 Å². The number of hydrogen-bond donors (Lipinski definition) is 1. The largest absolute Gasteiger partial charge is 0.391 e. The number of rotatable bonds is 9. The van der Waals surface area contributed by atoms with E-state index in [0.717, 1.165) is 13.0 Å². The Labute approximate surface area is 82.3 Å². The average Bonchev–Trinajstić information content (AvgIpc) is 2.09. The van der Waals surface area contributed by atoms with Crippen LogP contribution >= 0.6 is 0 Å². The first kappa shape index (κ1) is 12.9. The third kappa shape index (κ3) is 11.9. The van der Waals surface area contributed by atoms with Crippen LogP contribution in [-0.4, -0.2) is 24.4 Å². The molecule has 1 atom stereocenters. The van der Waals surface area contributed by atoms with Crippen LogP contribution < -0.4 is 0 Å². The number of hydrogen-bond acceptors (Lipinski definition) is 2. The van der Waals surface area contributed by atoms with Gasteiger partial charge in [-0.1, -0.05) is 39.0 Å². The van der Waals surface area contributed by atoms with Gasteiger partial charge >= 0.3 is 0 Å². The van der Waals surface area contributed by atoms with Gasteiger partial charge in [0, 0.05) is 6.61 Å². The Balaban J connectivity index is 2.84. The zero-order valence-corrected chi connectivity index (χ0v) is 9.09. The SMILES string of the molecule is CCCCCCCCOC[C@H](C)O. The normalized spacial score (nSPS) is 13.2. The summed E-state index contributed by atoms with van der Waals surface area (Å²) in [5.74, 6) is 0. The van der Waals surface area contributed by atoms with Crippen LogP contribution in [0.1, 0.15) is 52.4 Å². The summed E-state index contributed by atoms with van der Waals surface area (Å²) >= 11 is 0. The van der Waals surface area contributed by atoms with E-state index in [1.165, 1.54) is 32.1 Å². The van der Waals surface area contributed by atoms with Crippen LogP contribution in [0.4, 0.5) is 0 Å². The highest BCUT2D eigenvalue weighted by atomic mass is 16.5. The van der Waals surface area contributed by atoms with Crippen molar-refractivity contribution in [3.63, 3.8) is 0 Å². The second kappa shape index (κ2) is 10.0. The van der Waals surface area contributed by atoms with Gasteiger partial charge in [0.15, 0.2) is 0 Å². The van der Waals surface area contributed by atoms with Crippen molar-refractivity contribution in [3.05, 3.63) is 0 Å². The monoisotopic (exact) mass is 188 g/mol. The lowest BCUT2D eigenvalue weighted by Crippen LogP contribution is -2.10. The van der Waals surface area contributed by atoms with E-state index in [4.69, 9.17) is 9.84 Å². The van der Waals surface area contributed by atoms with Crippen molar-refractivity contribution in [2.45, 2.75) is 58.5 Å². The molecule has 0 aliphatic heterocycles. The molecule has 0 aromatic heterocycles. The first-order valence-electron chi connectivity index (χ1n) is 5.53. The zero-order chi connectivity index (χ0) is 9.94. The van der Waals surface area contributed by atoms with Gasteiger partial charge < -0.3 is 9.84 Å². The summed E-state index contributed by atoms with van der Waals surface area (Å²) < 4.78 is 5.25. The molecular weight excluding hydrogens is 164 g/mol. The molecule has 0 rings (SSSR count). The summed E-state index contributed by atoms with van der Waals surface area (Å²) in [7, 11) is 0. The van der Waals surface area contributed by atoms with Crippen LogP contribution in [0.15, 0.2) is 0 Å². The molecular formula is C11H24O2. The van der Waals surface area contributed by atoms with Gasteiger partial charge in [-0.15, -0.1) is 0 Å². The molecule has 0 aliphatic carbocycles. The van der Waals surface area contributed by atoms with Gasteiger partial charge in [-0.05, 0) is 13.3 Å². The molecule has 0 saturated carbocycles. The maximum atomic E-state index is 8.90. The molecule has 0 unspecified atom stereocenters. The van der Waals surface area contributed by atoms with Crippen molar-refractivity contribution in [3.8, 4) is 0 Å². The van der Waals surface area contributed by atoms with Gasteiger partial charge in [-0.2, -0.15) is 0 Å². The molecule has 0 spiro atoms. The molecule has 0 bridgehead atoms. The summed E-state index contributed by atoms with van der Waals surface area (Å²) in [6, 6.07) is 0. The molecule has 0 amide bonds. The van der Waals surface area contributed by atoms with E-state index in [2.05, 4.69) is 6.92 Å². The lowest BCUT2D eigenvalue weighted by atomic mass is 10.1. The van der Waals surface area contributed by atoms with Gasteiger partial charge in [0.1, 0.15) is 0 Å². The third-order valence-corrected chi connectivity index (χ3v) is 2.00. The summed E-state index contributed by atoms with van der Waals surface area (Å²) in [5.41, 5.74) is 0. The first-order valence-corrected chi connectivity index (χ1v) is 5.53. The van der Waals surface area contributed by atoms with E-state index >= 15 is 0 Å². The fraction of sp³-hybridized carbons (Fsp3) is 1.00. The van der Waals surface area contributed by atoms with E-state index in [1.54, 1.807) is 6.92 Å². The average molecular weight is 188 g/mol. The fourth-order valence-corrected chi connectivity index (χ4v) is 1.24. The summed E-state index contributed by atoms with van der Waals surface area (Å²) in [6.45, 7) is 5.26. The van der Waals surface area contributed by atoms with Crippen LogP contribution in [0.3, 0.4) is 0 Å². The molecule has 0 aromatic rings. The maximum Gasteiger partial charge on any atom is 0.0745 e. The van der Waals surface area contributed by atoms with Crippen LogP contribution in [0, 0.1) is 0 Å². The van der Waals surface area contributed by atoms with Crippen molar-refractivity contribution in [2.24, 2.45) is 0 Å². The molecule has 0 aromatic carbocycles. The minimum absolute atomic E-state index is 0.319. The Bertz CT molecular complexity index is 92.1. The molecule has 0 saturated heterocycles. The molecule has 1 N–H and O–H groups in total. The first-order chi connectivity index (χ1) is 6.27. The number of ether oxygens (including phenoxy) is 1. The molecule has 80 valence electrons. The topological polar surface area (TPSA) is 29.5 Å². The minimum Gasteiger partial charge on any atom is -0.391 e. The lowest BCUT2D eigenvalue weighted by Gasteiger charge is -2.05. The second-order valence-corrected chi connectivity index (χ2v) is 3.69. The fourth-order valence-electron chi connectivity index (χ4n) is 1.24. The van der Waals surface area contributed by atoms with Crippen molar-refractivity contribution in [1.82, 2.24) is 0 Å². The molecule has 13 heavy (non-hydrogen) atoms. The highest BCUT2D eigenvalue weighted by Gasteiger charge is 1.94. The van der Waals surface area contributed by atoms with E-state index in [0.29, 0.717) is 6.61 Å². The predicted molar refractivity (Wildman–Crippen MR) is 55.9 cm³/mol. The highest BCUT2D eigenvalue weighted by Crippen LogP contribution is 2.04. The van der Waals surface area contributed by atoms with Crippen LogP contribution in [0.25, 0.3) is 0 Å². The van der Waals surface area contributed by atoms with Gasteiger partial charge in [-0.25, -0.2) is 0 Å². The molecule has 0 heterocycles. The third-order valence-electron chi connectivity index (χ3n) is 2.00. The number of aliphatic hydroxyl groups excluding tert-OH is 1. The van der Waals surface area contributed by atoms with E-state index in [1.807, 2.05) is 0 Å². The standard InChI is InChI=1S/C11H24O2/c1-3-4-5-6-7-8-9-13-10-11(2)12/h11-12H,3-10H2,1-2H3/t11-/m0/s1. The van der Waals surface area contributed by atoms with Gasteiger partial charge in [-0.3, -0.25) is 0 Å². The summed E-state index contributed by atoms with van der Waals surface area (Å²) in [4.78, 5) is 0. The van der Waals surface area contributed by atoms with Crippen molar-refractivity contribution < 1.29 is 9.84 Å². The van der Waals surface area contributed by atoms with Crippen LogP contribution in [-0.2, 0) is 4.74 Å². The quantitative estimate of drug-likeness (QED) is 0.564. The summed E-state index contributed by atoms with van der Waals surface area (Å²) in [6.07, 6.45) is 7.42. The molecule has 2 nitrogen and oxygen atoms in total. The minimum atomic E-state index is -0.319. The second-order valence-electron chi connectivity index (χ2n) is 3.69. The summed E-state index contributed by atoms with van der Waals surface area (Å²) in [5, 5.41) is 8.90. The zero-order valence-electron chi connectivity index (χ0n) is 9.09. The smallest absolute Gasteiger partial charge is 0.0745 e. The highest BCUT2D eigenvalue weighted by molar-refractivity contribution is 4.45. The van der Waals surface area contributed by atoms with Gasteiger partial charge in [0.05, 0.1) is 12.7 Å². The number of aliphatic hydroxyl groups is 1. The maximum absolute atomic E-state index is 8.90. The Kier molecular flexibility index (Phi) is 9.94. The van der Waals surface area contributed by atoms with E-state index in [9.17, 15) is 0 Å². The van der Waals surface area contributed by atoms with Crippen molar-refractivity contribution >= 4 is 0 Å². The van der Waals surface area contributed by atoms with Crippen LogP contribution in [0.5, 0.6) is 0 Å². The Morgan fingerprint density at radius 1 is 1.08 bits per heavy atom. The van der Waals surface area contributed by atoms with Crippen molar-refractivity contribution in [2.75, 3.05) is 13.2 Å². The van der Waals surface area contributed by atoms with Gasteiger partial charge in [0.25, 0.3) is 0 Å². The molecule has 0 aliphatic rings. The molecule has 0 radical (unpaired) electrons. The predicted octanol–water partition coefficient (Wildman–Crippen LogP) is 2.74. The Morgan fingerprint density at radius 3 is 2.31 bits per heavy atom. The Hall–Kier alpha value is -0.0800. The van der Waals surface area contributed by atoms with E-state index in [-0.39, 0.29) is 6.10 Å². The van der Waals surface area contributed by atoms with Gasteiger partial charge in [0.2, 0.25) is 0 Å². The van der Waals surface area contributed by atoms with E-state index < -0.39 is 0 Å². The van der Waals surface area contributed by atoms with Crippen molar-refractivity contribution in [1.29, 1.82) is 0 Å². The molecule has 2 heteroatoms. The Morgan fingerprint density at radius 2 is 1.69 bits per heavy atom. The number of unbranched alkanes of at least 4 members (excludes halogenated alkanes) is 5.